The number of sulfonamides is 1. The van der Waals surface area contributed by atoms with Crippen LogP contribution in [0, 0.1) is 0 Å². The largest absolute Gasteiger partial charge is 0.417 e. The van der Waals surface area contributed by atoms with Crippen LogP contribution in [-0.2, 0) is 20.9 Å². The summed E-state index contributed by atoms with van der Waals surface area (Å²) in [7, 11) is -4.28. The number of rotatable bonds is 2. The Hall–Kier alpha value is -0.830. The van der Waals surface area contributed by atoms with Gasteiger partial charge in [-0.15, -0.1) is 0 Å². The van der Waals surface area contributed by atoms with E-state index in [1.54, 1.807) is 13.8 Å². The summed E-state index contributed by atoms with van der Waals surface area (Å²) in [5.41, 5.74) is -1.26. The van der Waals surface area contributed by atoms with Gasteiger partial charge in [-0.1, -0.05) is 11.6 Å². The van der Waals surface area contributed by atoms with Crippen molar-refractivity contribution in [2.45, 2.75) is 37.1 Å². The molecule has 1 saturated heterocycles. The van der Waals surface area contributed by atoms with E-state index in [9.17, 15) is 21.6 Å². The van der Waals surface area contributed by atoms with Crippen molar-refractivity contribution in [2.75, 3.05) is 13.1 Å². The fourth-order valence-corrected chi connectivity index (χ4v) is 4.37. The molecule has 9 heteroatoms. The summed E-state index contributed by atoms with van der Waals surface area (Å²) < 4.78 is 70.9. The van der Waals surface area contributed by atoms with Crippen LogP contribution < -0.4 is 0 Å². The fourth-order valence-electron chi connectivity index (χ4n) is 2.41. The minimum absolute atomic E-state index is 0.00654. The molecule has 0 radical (unpaired) electrons. The van der Waals surface area contributed by atoms with Gasteiger partial charge in [-0.2, -0.15) is 17.5 Å². The topological polar surface area (TPSA) is 46.6 Å². The van der Waals surface area contributed by atoms with Gasteiger partial charge in [0.1, 0.15) is 0 Å². The smallest absolute Gasteiger partial charge is 0.373 e. The van der Waals surface area contributed by atoms with Crippen LogP contribution in [0.25, 0.3) is 0 Å². The molecule has 2 rings (SSSR count). The van der Waals surface area contributed by atoms with E-state index in [-0.39, 0.29) is 30.3 Å². The molecule has 1 aliphatic rings. The number of nitrogens with zero attached hydrogens (tertiary/aromatic N) is 1. The lowest BCUT2D eigenvalue weighted by Crippen LogP contribution is -2.48. The highest BCUT2D eigenvalue weighted by Crippen LogP contribution is 2.37. The highest BCUT2D eigenvalue weighted by Gasteiger charge is 2.40. The van der Waals surface area contributed by atoms with Crippen molar-refractivity contribution in [1.29, 1.82) is 0 Å². The first-order chi connectivity index (χ1) is 10.0. The highest BCUT2D eigenvalue weighted by atomic mass is 35.5. The number of morpholine rings is 1. The summed E-state index contributed by atoms with van der Waals surface area (Å²) in [5, 5.41) is -0.171. The van der Waals surface area contributed by atoms with Crippen molar-refractivity contribution < 1.29 is 26.3 Å². The Morgan fingerprint density at radius 3 is 2.27 bits per heavy atom. The van der Waals surface area contributed by atoms with Crippen LogP contribution in [0.1, 0.15) is 19.4 Å². The van der Waals surface area contributed by atoms with Crippen LogP contribution >= 0.6 is 11.6 Å². The monoisotopic (exact) mass is 357 g/mol. The van der Waals surface area contributed by atoms with Gasteiger partial charge in [-0.3, -0.25) is 0 Å². The average molecular weight is 358 g/mol. The first kappa shape index (κ1) is 17.5. The summed E-state index contributed by atoms with van der Waals surface area (Å²) in [6, 6.07) is 2.66. The van der Waals surface area contributed by atoms with E-state index in [1.807, 2.05) is 0 Å². The van der Waals surface area contributed by atoms with Crippen molar-refractivity contribution in [3.8, 4) is 0 Å². The van der Waals surface area contributed by atoms with Crippen LogP contribution in [0.15, 0.2) is 23.1 Å². The zero-order valence-electron chi connectivity index (χ0n) is 11.9. The maximum absolute atomic E-state index is 13.1. The van der Waals surface area contributed by atoms with Crippen LogP contribution in [0.5, 0.6) is 0 Å². The molecule has 1 aliphatic heterocycles. The molecule has 22 heavy (non-hydrogen) atoms. The Kier molecular flexibility index (Phi) is 4.77. The van der Waals surface area contributed by atoms with Gasteiger partial charge in [0.25, 0.3) is 0 Å². The molecule has 1 aromatic carbocycles. The Morgan fingerprint density at radius 2 is 1.77 bits per heavy atom. The molecule has 0 amide bonds. The lowest BCUT2D eigenvalue weighted by Gasteiger charge is -2.34. The van der Waals surface area contributed by atoms with Gasteiger partial charge < -0.3 is 4.74 Å². The summed E-state index contributed by atoms with van der Waals surface area (Å²) in [5.74, 6) is 0. The maximum Gasteiger partial charge on any atom is 0.417 e. The molecular weight excluding hydrogens is 343 g/mol. The fraction of sp³-hybridized carbons (Fsp3) is 0.538. The first-order valence-corrected chi connectivity index (χ1v) is 8.36. The Balaban J connectivity index is 2.50. The molecule has 1 aromatic rings. The molecule has 0 aromatic heterocycles. The number of halogens is 4. The quantitative estimate of drug-likeness (QED) is 0.816. The van der Waals surface area contributed by atoms with Gasteiger partial charge in [-0.25, -0.2) is 8.42 Å². The van der Waals surface area contributed by atoms with Crippen LogP contribution in [0.3, 0.4) is 0 Å². The number of alkyl halides is 3. The van der Waals surface area contributed by atoms with E-state index in [1.165, 1.54) is 0 Å². The number of ether oxygens (including phenoxy) is 1. The molecule has 0 unspecified atom stereocenters. The van der Waals surface area contributed by atoms with E-state index >= 15 is 0 Å². The minimum Gasteiger partial charge on any atom is -0.373 e. The standard InChI is InChI=1S/C13H15ClF3NO3S/c1-8-6-18(7-9(2)21-8)22(19,20)12-4-3-10(14)5-11(12)13(15,16)17/h3-5,8-9H,6-7H2,1-2H3/t8-,9-/m0/s1. The number of hydrogen-bond donors (Lipinski definition) is 0. The second kappa shape index (κ2) is 5.99. The summed E-state index contributed by atoms with van der Waals surface area (Å²) >= 11 is 5.58. The summed E-state index contributed by atoms with van der Waals surface area (Å²) in [4.78, 5) is -0.786. The lowest BCUT2D eigenvalue weighted by atomic mass is 10.2. The third kappa shape index (κ3) is 3.56. The second-order valence-electron chi connectivity index (χ2n) is 5.22. The van der Waals surface area contributed by atoms with Crippen molar-refractivity contribution >= 4 is 21.6 Å². The third-order valence-corrected chi connectivity index (χ3v) is 5.38. The van der Waals surface area contributed by atoms with Gasteiger partial charge in [0, 0.05) is 18.1 Å². The van der Waals surface area contributed by atoms with E-state index < -0.39 is 26.7 Å². The van der Waals surface area contributed by atoms with Crippen molar-refractivity contribution in [3.05, 3.63) is 28.8 Å². The van der Waals surface area contributed by atoms with Gasteiger partial charge in [-0.05, 0) is 32.0 Å². The second-order valence-corrected chi connectivity index (χ2v) is 7.56. The van der Waals surface area contributed by atoms with Gasteiger partial charge in [0.05, 0.1) is 22.7 Å². The summed E-state index contributed by atoms with van der Waals surface area (Å²) in [6.45, 7) is 3.36. The Bertz CT molecular complexity index is 653. The summed E-state index contributed by atoms with van der Waals surface area (Å²) in [6.07, 6.45) is -5.59. The first-order valence-electron chi connectivity index (χ1n) is 6.54. The van der Waals surface area contributed by atoms with E-state index in [4.69, 9.17) is 16.3 Å². The highest BCUT2D eigenvalue weighted by molar-refractivity contribution is 7.89. The molecule has 0 spiro atoms. The Morgan fingerprint density at radius 1 is 1.23 bits per heavy atom. The third-order valence-electron chi connectivity index (χ3n) is 3.25. The number of benzene rings is 1. The lowest BCUT2D eigenvalue weighted by molar-refractivity contribution is -0.139. The maximum atomic E-state index is 13.1. The van der Waals surface area contributed by atoms with Crippen LogP contribution in [0.2, 0.25) is 5.02 Å². The van der Waals surface area contributed by atoms with E-state index in [0.717, 1.165) is 16.4 Å². The zero-order chi connectivity index (χ0) is 16.7. The van der Waals surface area contributed by atoms with E-state index in [2.05, 4.69) is 0 Å². The predicted molar refractivity (Wildman–Crippen MR) is 75.2 cm³/mol. The SMILES string of the molecule is C[C@H]1CN(S(=O)(=O)c2ccc(Cl)cc2C(F)(F)F)C[C@H](C)O1. The molecule has 1 fully saturated rings. The zero-order valence-corrected chi connectivity index (χ0v) is 13.5. The molecule has 0 saturated carbocycles. The predicted octanol–water partition coefficient (Wildman–Crippen LogP) is 3.16. The molecule has 124 valence electrons. The minimum atomic E-state index is -4.81. The molecular formula is C13H15ClF3NO3S. The van der Waals surface area contributed by atoms with Crippen LogP contribution in [0.4, 0.5) is 13.2 Å². The van der Waals surface area contributed by atoms with Gasteiger partial charge >= 0.3 is 6.18 Å². The molecule has 0 bridgehead atoms. The van der Waals surface area contributed by atoms with Crippen molar-refractivity contribution in [1.82, 2.24) is 4.31 Å². The van der Waals surface area contributed by atoms with E-state index in [0.29, 0.717) is 6.07 Å². The molecule has 1 heterocycles. The normalized spacial score (nSPS) is 24.5. The molecule has 2 atom stereocenters. The van der Waals surface area contributed by atoms with Crippen LogP contribution in [-0.4, -0.2) is 38.0 Å². The molecule has 0 N–H and O–H groups in total. The molecule has 0 aliphatic carbocycles. The number of hydrogen-bond acceptors (Lipinski definition) is 3. The van der Waals surface area contributed by atoms with Crippen molar-refractivity contribution in [3.63, 3.8) is 0 Å². The Labute approximate surface area is 131 Å². The van der Waals surface area contributed by atoms with Crippen molar-refractivity contribution in [2.24, 2.45) is 0 Å². The van der Waals surface area contributed by atoms with Gasteiger partial charge in [0.2, 0.25) is 10.0 Å². The van der Waals surface area contributed by atoms with Gasteiger partial charge in [0.15, 0.2) is 0 Å². The average Bonchev–Trinajstić information content (AvgIpc) is 2.36. The molecule has 4 nitrogen and oxygen atoms in total.